The van der Waals surface area contributed by atoms with Gasteiger partial charge in [-0.3, -0.25) is 4.79 Å². The molecule has 0 unspecified atom stereocenters. The molecule has 1 rings (SSSR count). The molecule has 0 aliphatic heterocycles. The fourth-order valence-corrected chi connectivity index (χ4v) is 1.10. The molecule has 1 aromatic heterocycles. The zero-order chi connectivity index (χ0) is 12.3. The number of nitrogens with two attached hydrogens (primary N) is 1. The minimum Gasteiger partial charge on any atom is -0.462 e. The fraction of sp³-hybridized carbons (Fsp3) is 0.333. The molecule has 5 nitrogen and oxygen atoms in total. The van der Waals surface area contributed by atoms with Gasteiger partial charge < -0.3 is 15.5 Å². The summed E-state index contributed by atoms with van der Waals surface area (Å²) < 4.78 is 29.2. The minimum absolute atomic E-state index is 0.0782. The van der Waals surface area contributed by atoms with Gasteiger partial charge >= 0.3 is 5.97 Å². The molecule has 0 aliphatic carbocycles. The fourth-order valence-electron chi connectivity index (χ4n) is 1.10. The molecule has 1 heterocycles. The summed E-state index contributed by atoms with van der Waals surface area (Å²) in [6, 6.07) is 0. The van der Waals surface area contributed by atoms with Crippen LogP contribution in [0.2, 0.25) is 0 Å². The predicted molar refractivity (Wildman–Crippen MR) is 52.4 cm³/mol. The summed E-state index contributed by atoms with van der Waals surface area (Å²) in [4.78, 5) is 24.8. The normalized spacial score (nSPS) is 10.5. The maximum absolute atomic E-state index is 12.3. The van der Waals surface area contributed by atoms with E-state index in [9.17, 15) is 18.4 Å². The molecule has 3 N–H and O–H groups in total. The van der Waals surface area contributed by atoms with Gasteiger partial charge in [0.05, 0.1) is 6.61 Å². The van der Waals surface area contributed by atoms with Crippen LogP contribution in [0.1, 0.15) is 29.4 Å². The molecule has 0 saturated carbocycles. The second kappa shape index (κ2) is 4.73. The summed E-state index contributed by atoms with van der Waals surface area (Å²) in [5, 5.41) is 0. The summed E-state index contributed by atoms with van der Waals surface area (Å²) in [5.74, 6) is -0.892. The van der Waals surface area contributed by atoms with E-state index in [2.05, 4.69) is 9.72 Å². The van der Waals surface area contributed by atoms with Gasteiger partial charge in [0.25, 0.3) is 6.43 Å². The standard InChI is InChI=1S/C9H10F2N2O3/c1-2-16-9(15)4-3-13-6(8(10)11)5(12)7(4)14/h3,8H,2,12H2,1H3,(H,13,14). The molecule has 0 bridgehead atoms. The zero-order valence-electron chi connectivity index (χ0n) is 8.42. The molecule has 0 spiro atoms. The van der Waals surface area contributed by atoms with Gasteiger partial charge in [-0.25, -0.2) is 13.6 Å². The number of carbonyl (C=O) groups excluding carboxylic acids is 1. The van der Waals surface area contributed by atoms with Gasteiger partial charge in [0.15, 0.2) is 0 Å². The summed E-state index contributed by atoms with van der Waals surface area (Å²) in [6.45, 7) is 1.64. The first-order valence-corrected chi connectivity index (χ1v) is 4.45. The summed E-state index contributed by atoms with van der Waals surface area (Å²) in [6.07, 6.45) is -2.03. The summed E-state index contributed by atoms with van der Waals surface area (Å²) >= 11 is 0. The molecule has 0 aliphatic rings. The Kier molecular flexibility index (Phi) is 3.60. The first kappa shape index (κ1) is 12.2. The molecule has 0 atom stereocenters. The first-order valence-electron chi connectivity index (χ1n) is 4.45. The van der Waals surface area contributed by atoms with Gasteiger partial charge in [0, 0.05) is 6.20 Å². The van der Waals surface area contributed by atoms with Crippen LogP contribution in [0, 0.1) is 0 Å². The van der Waals surface area contributed by atoms with Crippen LogP contribution in [0.25, 0.3) is 0 Å². The van der Waals surface area contributed by atoms with E-state index in [1.165, 1.54) is 0 Å². The number of aromatic amines is 1. The summed E-state index contributed by atoms with van der Waals surface area (Å²) in [7, 11) is 0. The Morgan fingerprint density at radius 2 is 2.25 bits per heavy atom. The number of aromatic nitrogens is 1. The second-order valence-corrected chi connectivity index (χ2v) is 2.88. The quantitative estimate of drug-likeness (QED) is 0.763. The Bertz CT molecular complexity index is 457. The molecule has 0 amide bonds. The van der Waals surface area contributed by atoms with Crippen LogP contribution in [0.5, 0.6) is 0 Å². The Labute approximate surface area is 89.2 Å². The molecule has 88 valence electrons. The third-order valence-corrected chi connectivity index (χ3v) is 1.86. The molecule has 0 fully saturated rings. The second-order valence-electron chi connectivity index (χ2n) is 2.88. The van der Waals surface area contributed by atoms with Crippen LogP contribution in [0.4, 0.5) is 14.5 Å². The number of rotatable bonds is 3. The monoisotopic (exact) mass is 232 g/mol. The maximum atomic E-state index is 12.3. The first-order chi connectivity index (χ1) is 7.49. The Morgan fingerprint density at radius 3 is 2.75 bits per heavy atom. The van der Waals surface area contributed by atoms with Crippen LogP contribution in [0.3, 0.4) is 0 Å². The van der Waals surface area contributed by atoms with Crippen LogP contribution in [0.15, 0.2) is 11.0 Å². The number of nitrogens with one attached hydrogen (secondary N) is 1. The Balaban J connectivity index is 3.22. The molecule has 0 saturated heterocycles. The lowest BCUT2D eigenvalue weighted by molar-refractivity contribution is 0.0524. The van der Waals surface area contributed by atoms with Crippen molar-refractivity contribution in [3.05, 3.63) is 27.7 Å². The van der Waals surface area contributed by atoms with Crippen molar-refractivity contribution in [2.75, 3.05) is 12.3 Å². The molecule has 0 aromatic carbocycles. The lowest BCUT2D eigenvalue weighted by Gasteiger charge is -2.06. The van der Waals surface area contributed by atoms with Crippen molar-refractivity contribution in [1.29, 1.82) is 0 Å². The largest absolute Gasteiger partial charge is 0.462 e. The number of hydrogen-bond acceptors (Lipinski definition) is 4. The number of anilines is 1. The number of carbonyl (C=O) groups is 1. The predicted octanol–water partition coefficient (Wildman–Crippen LogP) is 1.07. The van der Waals surface area contributed by atoms with Crippen LogP contribution in [-0.2, 0) is 4.74 Å². The van der Waals surface area contributed by atoms with Crippen molar-refractivity contribution >= 4 is 11.7 Å². The van der Waals surface area contributed by atoms with Crippen LogP contribution < -0.4 is 11.2 Å². The maximum Gasteiger partial charge on any atom is 0.343 e. The third kappa shape index (κ3) is 2.18. The molecule has 0 radical (unpaired) electrons. The van der Waals surface area contributed by atoms with Crippen molar-refractivity contribution in [3.8, 4) is 0 Å². The lowest BCUT2D eigenvalue weighted by atomic mass is 10.2. The Morgan fingerprint density at radius 1 is 1.62 bits per heavy atom. The highest BCUT2D eigenvalue weighted by atomic mass is 19.3. The number of halogens is 2. The van der Waals surface area contributed by atoms with Gasteiger partial charge in [-0.15, -0.1) is 0 Å². The van der Waals surface area contributed by atoms with Crippen molar-refractivity contribution in [2.24, 2.45) is 0 Å². The average Bonchev–Trinajstić information content (AvgIpc) is 2.21. The van der Waals surface area contributed by atoms with E-state index < -0.39 is 29.2 Å². The number of nitrogen functional groups attached to an aromatic ring is 1. The van der Waals surface area contributed by atoms with Crippen molar-refractivity contribution in [1.82, 2.24) is 4.98 Å². The number of pyridine rings is 1. The number of esters is 1. The van der Waals surface area contributed by atoms with Crippen molar-refractivity contribution in [2.45, 2.75) is 13.3 Å². The van der Waals surface area contributed by atoms with E-state index in [0.29, 0.717) is 0 Å². The highest BCUT2D eigenvalue weighted by Crippen LogP contribution is 2.19. The minimum atomic E-state index is -2.90. The van der Waals surface area contributed by atoms with E-state index in [1.54, 1.807) is 6.92 Å². The molecule has 7 heteroatoms. The number of hydrogen-bond donors (Lipinski definition) is 2. The molecular formula is C9H10F2N2O3. The summed E-state index contributed by atoms with van der Waals surface area (Å²) in [5.41, 5.74) is 2.49. The smallest absolute Gasteiger partial charge is 0.343 e. The van der Waals surface area contributed by atoms with Gasteiger partial charge in [0.1, 0.15) is 16.9 Å². The number of ether oxygens (including phenoxy) is 1. The highest BCUT2D eigenvalue weighted by Gasteiger charge is 2.20. The number of alkyl halides is 2. The lowest BCUT2D eigenvalue weighted by Crippen LogP contribution is -2.22. The zero-order valence-corrected chi connectivity index (χ0v) is 8.42. The Hall–Kier alpha value is -1.92. The van der Waals surface area contributed by atoms with E-state index >= 15 is 0 Å². The molecular weight excluding hydrogens is 222 g/mol. The SMILES string of the molecule is CCOC(=O)c1c[nH]c(C(F)F)c(N)c1=O. The van der Waals surface area contributed by atoms with Crippen LogP contribution >= 0.6 is 0 Å². The van der Waals surface area contributed by atoms with Gasteiger partial charge in [-0.1, -0.05) is 0 Å². The number of H-pyrrole nitrogens is 1. The average molecular weight is 232 g/mol. The van der Waals surface area contributed by atoms with Gasteiger partial charge in [-0.05, 0) is 6.92 Å². The van der Waals surface area contributed by atoms with Crippen molar-refractivity contribution in [3.63, 3.8) is 0 Å². The topological polar surface area (TPSA) is 85.2 Å². The van der Waals surface area contributed by atoms with Crippen molar-refractivity contribution < 1.29 is 18.3 Å². The van der Waals surface area contributed by atoms with E-state index in [-0.39, 0.29) is 12.2 Å². The van der Waals surface area contributed by atoms with Gasteiger partial charge in [-0.2, -0.15) is 0 Å². The van der Waals surface area contributed by atoms with E-state index in [0.717, 1.165) is 6.20 Å². The third-order valence-electron chi connectivity index (χ3n) is 1.86. The van der Waals surface area contributed by atoms with E-state index in [1.807, 2.05) is 0 Å². The van der Waals surface area contributed by atoms with E-state index in [4.69, 9.17) is 5.73 Å². The molecule has 16 heavy (non-hydrogen) atoms. The molecule has 1 aromatic rings. The highest BCUT2D eigenvalue weighted by molar-refractivity contribution is 5.90. The van der Waals surface area contributed by atoms with Crippen LogP contribution in [-0.4, -0.2) is 17.6 Å². The van der Waals surface area contributed by atoms with Gasteiger partial charge in [0.2, 0.25) is 5.43 Å².